The predicted molar refractivity (Wildman–Crippen MR) is 39.2 cm³/mol. The zero-order valence-electron chi connectivity index (χ0n) is 5.22. The second kappa shape index (κ2) is 2.71. The Kier molecular flexibility index (Phi) is 2.13. The van der Waals surface area contributed by atoms with Gasteiger partial charge in [-0.3, -0.25) is 4.79 Å². The predicted octanol–water partition coefficient (Wildman–Crippen LogP) is 0.321. The van der Waals surface area contributed by atoms with Crippen LogP contribution in [0.25, 0.3) is 0 Å². The minimum Gasteiger partial charge on any atom is -0.319 e. The summed E-state index contributed by atoms with van der Waals surface area (Å²) >= 11 is 1.85. The van der Waals surface area contributed by atoms with E-state index in [-0.39, 0.29) is 0 Å². The van der Waals surface area contributed by atoms with Gasteiger partial charge in [0.05, 0.1) is 5.54 Å². The molecule has 3 heteroatoms. The van der Waals surface area contributed by atoms with Crippen LogP contribution in [0, 0.1) is 0 Å². The first kappa shape index (κ1) is 7.09. The van der Waals surface area contributed by atoms with E-state index in [2.05, 4.69) is 0 Å². The van der Waals surface area contributed by atoms with Gasteiger partial charge in [-0.15, -0.1) is 0 Å². The summed E-state index contributed by atoms with van der Waals surface area (Å²) in [6, 6.07) is 0. The molecule has 1 radical (unpaired) electrons. The fourth-order valence-corrected chi connectivity index (χ4v) is 2.06. The third-order valence-electron chi connectivity index (χ3n) is 1.59. The van der Waals surface area contributed by atoms with E-state index in [1.165, 1.54) is 0 Å². The second-order valence-electron chi connectivity index (χ2n) is 2.37. The maximum Gasteiger partial charge on any atom is 0.220 e. The summed E-state index contributed by atoms with van der Waals surface area (Å²) in [5.74, 6) is 2.01. The van der Waals surface area contributed by atoms with Gasteiger partial charge in [0.2, 0.25) is 6.29 Å². The summed E-state index contributed by atoms with van der Waals surface area (Å²) in [7, 11) is 0. The third kappa shape index (κ3) is 1.69. The fourth-order valence-electron chi connectivity index (χ4n) is 0.838. The molecule has 0 atom stereocenters. The summed E-state index contributed by atoms with van der Waals surface area (Å²) in [6.45, 7) is 0. The van der Waals surface area contributed by atoms with Crippen molar-refractivity contribution in [3.63, 3.8) is 0 Å². The molecule has 1 saturated heterocycles. The Morgan fingerprint density at radius 2 is 2.00 bits per heavy atom. The van der Waals surface area contributed by atoms with Gasteiger partial charge in [0.1, 0.15) is 0 Å². The molecule has 1 aliphatic rings. The molecule has 1 fully saturated rings. The van der Waals surface area contributed by atoms with E-state index >= 15 is 0 Å². The van der Waals surface area contributed by atoms with Crippen LogP contribution in [-0.4, -0.2) is 23.3 Å². The van der Waals surface area contributed by atoms with Crippen molar-refractivity contribution >= 4 is 18.0 Å². The van der Waals surface area contributed by atoms with Crippen LogP contribution in [0.1, 0.15) is 12.8 Å². The highest BCUT2D eigenvalue weighted by molar-refractivity contribution is 7.99. The Hall–Kier alpha value is -0.0200. The van der Waals surface area contributed by atoms with E-state index in [0.29, 0.717) is 0 Å². The smallest absolute Gasteiger partial charge is 0.220 e. The Bertz CT molecular complexity index is 110. The van der Waals surface area contributed by atoms with Gasteiger partial charge < -0.3 is 5.73 Å². The maximum absolute atomic E-state index is 10.2. The lowest BCUT2D eigenvalue weighted by Crippen LogP contribution is -2.44. The number of thioether (sulfide) groups is 1. The molecule has 0 bridgehead atoms. The Balaban J connectivity index is 2.46. The zero-order chi connectivity index (χ0) is 6.74. The summed E-state index contributed by atoms with van der Waals surface area (Å²) < 4.78 is 0. The lowest BCUT2D eigenvalue weighted by atomic mass is 9.96. The number of carbonyl (C=O) groups excluding carboxylic acids is 1. The molecule has 9 heavy (non-hydrogen) atoms. The Morgan fingerprint density at radius 1 is 1.44 bits per heavy atom. The van der Waals surface area contributed by atoms with Gasteiger partial charge in [-0.2, -0.15) is 11.8 Å². The van der Waals surface area contributed by atoms with Crippen LogP contribution >= 0.6 is 11.8 Å². The number of rotatable bonds is 1. The standard InChI is InChI=1S/C6H10NOS/c7-6(5-8)1-3-9-4-2-6/h1-4,7H2. The molecule has 0 aromatic carbocycles. The first-order chi connectivity index (χ1) is 4.27. The SMILES string of the molecule is NC1([C]=O)CCSCC1. The topological polar surface area (TPSA) is 43.1 Å². The molecule has 2 N–H and O–H groups in total. The molecule has 0 unspecified atom stereocenters. The molecule has 0 saturated carbocycles. The van der Waals surface area contributed by atoms with Crippen molar-refractivity contribution in [2.24, 2.45) is 5.73 Å². The largest absolute Gasteiger partial charge is 0.319 e. The lowest BCUT2D eigenvalue weighted by Gasteiger charge is -2.25. The second-order valence-corrected chi connectivity index (χ2v) is 3.60. The number of nitrogens with two attached hydrogens (primary N) is 1. The quantitative estimate of drug-likeness (QED) is 0.576. The van der Waals surface area contributed by atoms with Gasteiger partial charge in [0, 0.05) is 0 Å². The molecule has 0 amide bonds. The normalized spacial score (nSPS) is 25.4. The fraction of sp³-hybridized carbons (Fsp3) is 0.833. The lowest BCUT2D eigenvalue weighted by molar-refractivity contribution is 0.459. The molecule has 51 valence electrons. The van der Waals surface area contributed by atoms with Crippen LogP contribution in [0.4, 0.5) is 0 Å². The van der Waals surface area contributed by atoms with Crippen LogP contribution in [0.2, 0.25) is 0 Å². The average Bonchev–Trinajstić information content (AvgIpc) is 1.90. The minimum atomic E-state index is -0.606. The molecule has 2 nitrogen and oxygen atoms in total. The molecule has 0 aromatic rings. The molecule has 0 spiro atoms. The van der Waals surface area contributed by atoms with Gasteiger partial charge in [-0.05, 0) is 24.3 Å². The van der Waals surface area contributed by atoms with Crippen LogP contribution in [-0.2, 0) is 4.79 Å². The maximum atomic E-state index is 10.2. The summed E-state index contributed by atoms with van der Waals surface area (Å²) in [5.41, 5.74) is 5.02. The highest BCUT2D eigenvalue weighted by Crippen LogP contribution is 2.22. The van der Waals surface area contributed by atoms with Crippen molar-refractivity contribution in [2.45, 2.75) is 18.4 Å². The van der Waals surface area contributed by atoms with Crippen molar-refractivity contribution < 1.29 is 4.79 Å². The zero-order valence-corrected chi connectivity index (χ0v) is 6.04. The van der Waals surface area contributed by atoms with Crippen LogP contribution in [0.5, 0.6) is 0 Å². The van der Waals surface area contributed by atoms with Gasteiger partial charge in [-0.1, -0.05) is 0 Å². The third-order valence-corrected chi connectivity index (χ3v) is 2.57. The average molecular weight is 144 g/mol. The molecule has 0 aliphatic carbocycles. The molecular weight excluding hydrogens is 134 g/mol. The monoisotopic (exact) mass is 144 g/mol. The van der Waals surface area contributed by atoms with Gasteiger partial charge >= 0.3 is 0 Å². The molecular formula is C6H10NOS. The Labute approximate surface area is 59.2 Å². The first-order valence-electron chi connectivity index (χ1n) is 3.03. The van der Waals surface area contributed by atoms with Gasteiger partial charge in [0.25, 0.3) is 0 Å². The van der Waals surface area contributed by atoms with Crippen molar-refractivity contribution in [1.82, 2.24) is 0 Å². The van der Waals surface area contributed by atoms with E-state index in [1.54, 1.807) is 0 Å². The van der Waals surface area contributed by atoms with E-state index in [1.807, 2.05) is 18.0 Å². The van der Waals surface area contributed by atoms with Crippen molar-refractivity contribution in [2.75, 3.05) is 11.5 Å². The highest BCUT2D eigenvalue weighted by Gasteiger charge is 2.27. The summed E-state index contributed by atoms with van der Waals surface area (Å²) in [4.78, 5) is 10.2. The van der Waals surface area contributed by atoms with E-state index in [4.69, 9.17) is 5.73 Å². The van der Waals surface area contributed by atoms with Gasteiger partial charge in [0.15, 0.2) is 0 Å². The van der Waals surface area contributed by atoms with Crippen molar-refractivity contribution in [1.29, 1.82) is 0 Å². The minimum absolute atomic E-state index is 0.606. The highest BCUT2D eigenvalue weighted by atomic mass is 32.2. The van der Waals surface area contributed by atoms with E-state index in [0.717, 1.165) is 24.3 Å². The van der Waals surface area contributed by atoms with Crippen molar-refractivity contribution in [3.8, 4) is 0 Å². The summed E-state index contributed by atoms with van der Waals surface area (Å²) in [5, 5.41) is 0. The molecule has 1 rings (SSSR count). The number of hydrogen-bond acceptors (Lipinski definition) is 3. The van der Waals surface area contributed by atoms with E-state index < -0.39 is 5.54 Å². The van der Waals surface area contributed by atoms with E-state index in [9.17, 15) is 4.79 Å². The summed E-state index contributed by atoms with van der Waals surface area (Å²) in [6.07, 6.45) is 3.48. The molecule has 1 heterocycles. The van der Waals surface area contributed by atoms with Crippen molar-refractivity contribution in [3.05, 3.63) is 0 Å². The molecule has 0 aromatic heterocycles. The van der Waals surface area contributed by atoms with Crippen LogP contribution in [0.3, 0.4) is 0 Å². The van der Waals surface area contributed by atoms with Gasteiger partial charge in [-0.25, -0.2) is 0 Å². The number of hydrogen-bond donors (Lipinski definition) is 1. The Morgan fingerprint density at radius 3 is 2.33 bits per heavy atom. The van der Waals surface area contributed by atoms with Crippen LogP contribution < -0.4 is 5.73 Å². The first-order valence-corrected chi connectivity index (χ1v) is 4.18. The molecule has 1 aliphatic heterocycles. The van der Waals surface area contributed by atoms with Crippen LogP contribution in [0.15, 0.2) is 0 Å².